The summed E-state index contributed by atoms with van der Waals surface area (Å²) < 4.78 is 4.86. The van der Waals surface area contributed by atoms with Gasteiger partial charge in [0.15, 0.2) is 0 Å². The largest absolute Gasteiger partial charge is 0.467 e. The first kappa shape index (κ1) is 39.8. The van der Waals surface area contributed by atoms with Crippen molar-refractivity contribution in [1.29, 1.82) is 0 Å². The van der Waals surface area contributed by atoms with Crippen LogP contribution in [0.25, 0.3) is 0 Å². The highest BCUT2D eigenvalue weighted by Gasteiger charge is 2.33. The Labute approximate surface area is 257 Å². The van der Waals surface area contributed by atoms with Gasteiger partial charge in [0.25, 0.3) is 5.91 Å². The number of amides is 4. The third-order valence-corrected chi connectivity index (χ3v) is 6.50. The zero-order valence-corrected chi connectivity index (χ0v) is 28.1. The van der Waals surface area contributed by atoms with E-state index in [0.29, 0.717) is 12.8 Å². The summed E-state index contributed by atoms with van der Waals surface area (Å²) in [6.45, 7) is 19.0. The van der Waals surface area contributed by atoms with E-state index >= 15 is 0 Å². The molecule has 0 aromatic rings. The molecule has 0 rings (SSSR count). The van der Waals surface area contributed by atoms with E-state index in [9.17, 15) is 29.2 Å². The van der Waals surface area contributed by atoms with Gasteiger partial charge in [-0.2, -0.15) is 0 Å². The number of oxime groups is 1. The molecule has 43 heavy (non-hydrogen) atoms. The lowest BCUT2D eigenvalue weighted by atomic mass is 9.98. The van der Waals surface area contributed by atoms with Gasteiger partial charge >= 0.3 is 5.97 Å². The minimum absolute atomic E-state index is 0.0143. The third-order valence-electron chi connectivity index (χ3n) is 6.50. The van der Waals surface area contributed by atoms with Gasteiger partial charge in [0, 0.05) is 6.42 Å². The standard InChI is InChI=1S/C31H57N5O7/c1-17(2)12-22(32-28(38)23(13-18(3)4)34-30(40)25(36-42)15-20(7)8)27(37)33-24(14-19(5)6)29(39)35-26(16-21(9)10)31(41)43-11/h17-24,26,42H,12-16H2,1-11H3,(H,32,38)(H,33,37)(H,34,40)(H,35,39)/b36-25+/t22-,23-,24-,26-/m0/s1. The fourth-order valence-corrected chi connectivity index (χ4v) is 4.56. The minimum atomic E-state index is -0.991. The Morgan fingerprint density at radius 1 is 0.558 bits per heavy atom. The molecule has 0 saturated carbocycles. The average Bonchev–Trinajstić information content (AvgIpc) is 2.88. The van der Waals surface area contributed by atoms with Crippen LogP contribution in [0.2, 0.25) is 0 Å². The molecule has 5 N–H and O–H groups in total. The maximum Gasteiger partial charge on any atom is 0.328 e. The lowest BCUT2D eigenvalue weighted by molar-refractivity contribution is -0.146. The van der Waals surface area contributed by atoms with Gasteiger partial charge in [0.2, 0.25) is 17.7 Å². The molecule has 0 aliphatic heterocycles. The Balaban J connectivity index is 5.99. The highest BCUT2D eigenvalue weighted by molar-refractivity contribution is 6.39. The molecule has 12 heteroatoms. The van der Waals surface area contributed by atoms with Crippen molar-refractivity contribution in [3.63, 3.8) is 0 Å². The predicted molar refractivity (Wildman–Crippen MR) is 166 cm³/mol. The first-order valence-corrected chi connectivity index (χ1v) is 15.4. The monoisotopic (exact) mass is 611 g/mol. The molecule has 0 aliphatic rings. The van der Waals surface area contributed by atoms with Gasteiger partial charge in [0.1, 0.15) is 29.9 Å². The fraction of sp³-hybridized carbons (Fsp3) is 0.806. The zero-order chi connectivity index (χ0) is 33.4. The second-order valence-electron chi connectivity index (χ2n) is 13.4. The molecule has 0 aromatic heterocycles. The van der Waals surface area contributed by atoms with Crippen molar-refractivity contribution in [1.82, 2.24) is 21.3 Å². The number of methoxy groups -OCH3 is 1. The average molecular weight is 612 g/mol. The van der Waals surface area contributed by atoms with E-state index in [1.54, 1.807) is 0 Å². The van der Waals surface area contributed by atoms with Crippen LogP contribution in [0.1, 0.15) is 101 Å². The SMILES string of the molecule is COC(=O)[C@H](CC(C)C)NC(=O)[C@H](CC(C)C)NC(=O)[C@H](CC(C)C)NC(=O)[C@H](CC(C)C)NC(=O)/C(CC(C)C)=N/O. The lowest BCUT2D eigenvalue weighted by Crippen LogP contribution is -2.58. The second-order valence-corrected chi connectivity index (χ2v) is 13.4. The van der Waals surface area contributed by atoms with E-state index in [1.165, 1.54) is 7.11 Å². The van der Waals surface area contributed by atoms with Crippen molar-refractivity contribution >= 4 is 35.3 Å². The van der Waals surface area contributed by atoms with Crippen LogP contribution in [0.15, 0.2) is 5.16 Å². The number of ether oxygens (including phenoxy) is 1. The highest BCUT2D eigenvalue weighted by Crippen LogP contribution is 2.13. The number of hydrogen-bond acceptors (Lipinski definition) is 8. The van der Waals surface area contributed by atoms with Gasteiger partial charge in [-0.05, 0) is 55.3 Å². The van der Waals surface area contributed by atoms with Crippen molar-refractivity contribution in [3.8, 4) is 0 Å². The first-order valence-electron chi connectivity index (χ1n) is 15.4. The smallest absolute Gasteiger partial charge is 0.328 e. The van der Waals surface area contributed by atoms with Crippen molar-refractivity contribution < 1.29 is 33.9 Å². The van der Waals surface area contributed by atoms with Crippen LogP contribution in [0.4, 0.5) is 0 Å². The Kier molecular flexibility index (Phi) is 18.4. The number of esters is 1. The zero-order valence-electron chi connectivity index (χ0n) is 28.1. The summed E-state index contributed by atoms with van der Waals surface area (Å²) in [4.78, 5) is 65.5. The Bertz CT molecular complexity index is 947. The third kappa shape index (κ3) is 16.3. The van der Waals surface area contributed by atoms with Gasteiger partial charge in [0.05, 0.1) is 7.11 Å². The molecule has 0 aromatic carbocycles. The maximum atomic E-state index is 13.6. The summed E-state index contributed by atoms with van der Waals surface area (Å²) in [6.07, 6.45) is 1.47. The summed E-state index contributed by atoms with van der Waals surface area (Å²) in [7, 11) is 1.26. The number of rotatable bonds is 19. The van der Waals surface area contributed by atoms with Crippen LogP contribution < -0.4 is 21.3 Å². The molecule has 0 saturated heterocycles. The van der Waals surface area contributed by atoms with Crippen LogP contribution >= 0.6 is 0 Å². The van der Waals surface area contributed by atoms with Crippen LogP contribution in [-0.4, -0.2) is 71.8 Å². The van der Waals surface area contributed by atoms with Crippen LogP contribution in [0.3, 0.4) is 0 Å². The molecule has 4 atom stereocenters. The Hall–Kier alpha value is -3.18. The second kappa shape index (κ2) is 19.9. The molecule has 12 nitrogen and oxygen atoms in total. The van der Waals surface area contributed by atoms with Gasteiger partial charge in [-0.15, -0.1) is 0 Å². The summed E-state index contributed by atoms with van der Waals surface area (Å²) >= 11 is 0. The van der Waals surface area contributed by atoms with Gasteiger partial charge < -0.3 is 31.2 Å². The highest BCUT2D eigenvalue weighted by atomic mass is 16.5. The number of nitrogens with one attached hydrogen (secondary N) is 4. The maximum absolute atomic E-state index is 13.6. The number of carbonyl (C=O) groups excluding carboxylic acids is 5. The van der Waals surface area contributed by atoms with E-state index < -0.39 is 53.8 Å². The lowest BCUT2D eigenvalue weighted by Gasteiger charge is -2.28. The molecule has 0 spiro atoms. The quantitative estimate of drug-likeness (QED) is 0.0645. The van der Waals surface area contributed by atoms with Crippen molar-refractivity contribution in [2.75, 3.05) is 7.11 Å². The van der Waals surface area contributed by atoms with Crippen molar-refractivity contribution in [2.45, 2.75) is 126 Å². The van der Waals surface area contributed by atoms with Gasteiger partial charge in [-0.25, -0.2) is 4.79 Å². The Morgan fingerprint density at radius 2 is 0.884 bits per heavy atom. The van der Waals surface area contributed by atoms with E-state index in [2.05, 4.69) is 26.4 Å². The summed E-state index contributed by atoms with van der Waals surface area (Å²) in [6, 6.07) is -3.79. The van der Waals surface area contributed by atoms with E-state index in [4.69, 9.17) is 4.74 Å². The number of hydrogen-bond donors (Lipinski definition) is 5. The molecular formula is C31H57N5O7. The number of carbonyl (C=O) groups is 5. The predicted octanol–water partition coefficient (Wildman–Crippen LogP) is 3.16. The molecule has 0 heterocycles. The van der Waals surface area contributed by atoms with Gasteiger partial charge in [-0.1, -0.05) is 74.4 Å². The molecule has 0 aliphatic carbocycles. The molecule has 0 unspecified atom stereocenters. The fourth-order valence-electron chi connectivity index (χ4n) is 4.56. The molecule has 4 amide bonds. The van der Waals surface area contributed by atoms with E-state index in [0.717, 1.165) is 0 Å². The minimum Gasteiger partial charge on any atom is -0.467 e. The van der Waals surface area contributed by atoms with Crippen LogP contribution in [0.5, 0.6) is 0 Å². The summed E-state index contributed by atoms with van der Waals surface area (Å²) in [5.74, 6) is -2.60. The number of nitrogens with zero attached hydrogens (tertiary/aromatic N) is 1. The summed E-state index contributed by atoms with van der Waals surface area (Å²) in [5, 5.41) is 23.4. The van der Waals surface area contributed by atoms with E-state index in [-0.39, 0.29) is 54.6 Å². The first-order chi connectivity index (χ1) is 19.9. The molecule has 0 bridgehead atoms. The van der Waals surface area contributed by atoms with Gasteiger partial charge in [-0.3, -0.25) is 19.2 Å². The van der Waals surface area contributed by atoms with Crippen LogP contribution in [0, 0.1) is 29.6 Å². The van der Waals surface area contributed by atoms with Crippen molar-refractivity contribution in [3.05, 3.63) is 0 Å². The van der Waals surface area contributed by atoms with Crippen molar-refractivity contribution in [2.24, 2.45) is 34.7 Å². The topological polar surface area (TPSA) is 175 Å². The van der Waals surface area contributed by atoms with Crippen LogP contribution in [-0.2, 0) is 28.7 Å². The molecule has 0 radical (unpaired) electrons. The Morgan fingerprint density at radius 3 is 1.19 bits per heavy atom. The van der Waals surface area contributed by atoms with E-state index in [1.807, 2.05) is 69.2 Å². The molecular weight excluding hydrogens is 554 g/mol. The molecule has 0 fully saturated rings. The summed E-state index contributed by atoms with van der Waals surface area (Å²) in [5.41, 5.74) is -0.0849. The molecule has 248 valence electrons. The normalized spacial score (nSPS) is 14.8.